The highest BCUT2D eigenvalue weighted by atomic mass is 16.2. The summed E-state index contributed by atoms with van der Waals surface area (Å²) in [6.07, 6.45) is 2.19. The molecule has 5 heteroatoms. The Balaban J connectivity index is 1.53. The van der Waals surface area contributed by atoms with Crippen molar-refractivity contribution < 1.29 is 4.79 Å². The second kappa shape index (κ2) is 8.20. The van der Waals surface area contributed by atoms with Crippen LogP contribution in [-0.4, -0.2) is 66.4 Å². The number of amides is 1. The fourth-order valence-corrected chi connectivity index (χ4v) is 4.32. The summed E-state index contributed by atoms with van der Waals surface area (Å²) in [6.45, 7) is 7.65. The maximum Gasteiger partial charge on any atom is 0.236 e. The van der Waals surface area contributed by atoms with Crippen LogP contribution in [0.2, 0.25) is 0 Å². The fourth-order valence-electron chi connectivity index (χ4n) is 4.32. The van der Waals surface area contributed by atoms with Gasteiger partial charge in [0, 0.05) is 32.2 Å². The summed E-state index contributed by atoms with van der Waals surface area (Å²) < 4.78 is 0. The summed E-state index contributed by atoms with van der Waals surface area (Å²) in [4.78, 5) is 19.1. The number of nitrogens with zero attached hydrogens (tertiary/aromatic N) is 4. The summed E-state index contributed by atoms with van der Waals surface area (Å²) in [6, 6.07) is 11.3. The number of nitriles is 1. The average Bonchev–Trinajstić information content (AvgIpc) is 3.06. The number of hydrogen-bond donors (Lipinski definition) is 0. The molecule has 3 rings (SSSR count). The lowest BCUT2D eigenvalue weighted by Gasteiger charge is -2.39. The van der Waals surface area contributed by atoms with Gasteiger partial charge in [0.2, 0.25) is 5.91 Å². The molecular weight excluding hydrogens is 324 g/mol. The Morgan fingerprint density at radius 1 is 1.27 bits per heavy atom. The topological polar surface area (TPSA) is 50.6 Å². The Morgan fingerprint density at radius 2 is 1.96 bits per heavy atom. The van der Waals surface area contributed by atoms with Crippen LogP contribution in [0.3, 0.4) is 0 Å². The van der Waals surface area contributed by atoms with E-state index in [1.165, 1.54) is 11.1 Å². The Hall–Kier alpha value is -1.90. The fraction of sp³-hybridized carbons (Fsp3) is 0.619. The predicted octanol–water partition coefficient (Wildman–Crippen LogP) is 2.30. The number of rotatable bonds is 5. The van der Waals surface area contributed by atoms with Crippen molar-refractivity contribution in [3.8, 4) is 6.07 Å². The first-order chi connectivity index (χ1) is 12.5. The molecule has 0 unspecified atom stereocenters. The zero-order valence-electron chi connectivity index (χ0n) is 16.2. The molecule has 0 N–H and O–H groups in total. The standard InChI is InChI=1S/C21H30N4O/c1-16(2)20(14-22)24-10-12-25(13-11-24)21(26)15-23(3)19-9-8-17-6-4-5-7-18(17)19/h4-7,16,19-20H,8-13,15H2,1-3H3/t19-,20+/m1/s1. The summed E-state index contributed by atoms with van der Waals surface area (Å²) in [5, 5.41) is 9.37. The Labute approximate surface area is 157 Å². The molecule has 2 atom stereocenters. The molecule has 0 saturated carbocycles. The van der Waals surface area contributed by atoms with Gasteiger partial charge in [-0.3, -0.25) is 14.6 Å². The molecule has 0 spiro atoms. The normalized spacial score (nSPS) is 21.7. The van der Waals surface area contributed by atoms with Crippen LogP contribution in [0.1, 0.15) is 37.4 Å². The monoisotopic (exact) mass is 354 g/mol. The van der Waals surface area contributed by atoms with Crippen LogP contribution in [0.5, 0.6) is 0 Å². The van der Waals surface area contributed by atoms with Gasteiger partial charge in [-0.1, -0.05) is 38.1 Å². The van der Waals surface area contributed by atoms with E-state index in [0.29, 0.717) is 18.5 Å². The molecule has 26 heavy (non-hydrogen) atoms. The number of benzene rings is 1. The molecule has 5 nitrogen and oxygen atoms in total. The van der Waals surface area contributed by atoms with Crippen LogP contribution < -0.4 is 0 Å². The zero-order valence-corrected chi connectivity index (χ0v) is 16.2. The molecule has 140 valence electrons. The van der Waals surface area contributed by atoms with Gasteiger partial charge < -0.3 is 4.90 Å². The summed E-state index contributed by atoms with van der Waals surface area (Å²) in [5.74, 6) is 0.519. The smallest absolute Gasteiger partial charge is 0.236 e. The lowest BCUT2D eigenvalue weighted by Crippen LogP contribution is -2.54. The van der Waals surface area contributed by atoms with E-state index < -0.39 is 0 Å². The van der Waals surface area contributed by atoms with Gasteiger partial charge in [-0.05, 0) is 36.9 Å². The molecule has 1 aromatic carbocycles. The lowest BCUT2D eigenvalue weighted by atomic mass is 10.0. The third kappa shape index (κ3) is 3.92. The number of carbonyl (C=O) groups excluding carboxylic acids is 1. The molecule has 1 fully saturated rings. The third-order valence-corrected chi connectivity index (χ3v) is 5.84. The zero-order chi connectivity index (χ0) is 18.7. The molecule has 1 aliphatic heterocycles. The van der Waals surface area contributed by atoms with Gasteiger partial charge in [0.25, 0.3) is 0 Å². The van der Waals surface area contributed by atoms with Crippen molar-refractivity contribution in [2.24, 2.45) is 5.92 Å². The van der Waals surface area contributed by atoms with Gasteiger partial charge in [-0.15, -0.1) is 0 Å². The van der Waals surface area contributed by atoms with Crippen LogP contribution in [0.15, 0.2) is 24.3 Å². The molecule has 1 aromatic rings. The highest BCUT2D eigenvalue weighted by Crippen LogP contribution is 2.34. The molecule has 1 heterocycles. The van der Waals surface area contributed by atoms with E-state index in [-0.39, 0.29) is 11.9 Å². The van der Waals surface area contributed by atoms with Gasteiger partial charge in [0.1, 0.15) is 6.04 Å². The van der Waals surface area contributed by atoms with Crippen LogP contribution in [0, 0.1) is 17.2 Å². The van der Waals surface area contributed by atoms with Crippen molar-refractivity contribution >= 4 is 5.91 Å². The van der Waals surface area contributed by atoms with E-state index in [0.717, 1.165) is 39.0 Å². The Morgan fingerprint density at radius 3 is 2.62 bits per heavy atom. The lowest BCUT2D eigenvalue weighted by molar-refractivity contribution is -0.134. The number of carbonyl (C=O) groups is 1. The van der Waals surface area contributed by atoms with Crippen molar-refractivity contribution in [2.45, 2.75) is 38.8 Å². The van der Waals surface area contributed by atoms with Gasteiger partial charge in [-0.25, -0.2) is 0 Å². The minimum atomic E-state index is -0.0510. The molecule has 0 radical (unpaired) electrons. The number of piperazine rings is 1. The van der Waals surface area contributed by atoms with Crippen LogP contribution in [0.4, 0.5) is 0 Å². The predicted molar refractivity (Wildman–Crippen MR) is 103 cm³/mol. The minimum absolute atomic E-state index is 0.0510. The minimum Gasteiger partial charge on any atom is -0.339 e. The van der Waals surface area contributed by atoms with Gasteiger partial charge in [-0.2, -0.15) is 5.26 Å². The maximum atomic E-state index is 12.8. The maximum absolute atomic E-state index is 12.8. The summed E-state index contributed by atoms with van der Waals surface area (Å²) in [5.41, 5.74) is 2.79. The first-order valence-electron chi connectivity index (χ1n) is 9.70. The quantitative estimate of drug-likeness (QED) is 0.814. The van der Waals surface area contributed by atoms with Crippen molar-refractivity contribution in [3.63, 3.8) is 0 Å². The number of fused-ring (bicyclic) bond motifs is 1. The van der Waals surface area contributed by atoms with E-state index in [2.05, 4.69) is 61.0 Å². The number of aryl methyl sites for hydroxylation is 1. The molecule has 1 amide bonds. The molecule has 1 aliphatic carbocycles. The SMILES string of the molecule is CC(C)[C@H](C#N)N1CCN(C(=O)CN(C)[C@@H]2CCc3ccccc32)CC1. The van der Waals surface area contributed by atoms with Crippen molar-refractivity contribution in [2.75, 3.05) is 39.8 Å². The average molecular weight is 354 g/mol. The summed E-state index contributed by atoms with van der Waals surface area (Å²) >= 11 is 0. The first kappa shape index (κ1) is 18.9. The van der Waals surface area contributed by atoms with Crippen molar-refractivity contribution in [3.05, 3.63) is 35.4 Å². The highest BCUT2D eigenvalue weighted by Gasteiger charge is 2.30. The van der Waals surface area contributed by atoms with Crippen LogP contribution >= 0.6 is 0 Å². The van der Waals surface area contributed by atoms with Gasteiger partial charge in [0.15, 0.2) is 0 Å². The molecule has 0 bridgehead atoms. The third-order valence-electron chi connectivity index (χ3n) is 5.84. The molecule has 0 aromatic heterocycles. The van der Waals surface area contributed by atoms with Crippen molar-refractivity contribution in [1.29, 1.82) is 5.26 Å². The van der Waals surface area contributed by atoms with Gasteiger partial charge >= 0.3 is 0 Å². The second-order valence-corrected chi connectivity index (χ2v) is 7.90. The summed E-state index contributed by atoms with van der Waals surface area (Å²) in [7, 11) is 2.06. The van der Waals surface area contributed by atoms with E-state index >= 15 is 0 Å². The number of likely N-dealkylation sites (N-methyl/N-ethyl adjacent to an activating group) is 1. The largest absolute Gasteiger partial charge is 0.339 e. The van der Waals surface area contributed by atoms with E-state index in [9.17, 15) is 10.1 Å². The van der Waals surface area contributed by atoms with Crippen LogP contribution in [0.25, 0.3) is 0 Å². The van der Waals surface area contributed by atoms with Crippen molar-refractivity contribution in [1.82, 2.24) is 14.7 Å². The number of hydrogen-bond acceptors (Lipinski definition) is 4. The van der Waals surface area contributed by atoms with Crippen LogP contribution in [-0.2, 0) is 11.2 Å². The molecule has 1 saturated heterocycles. The van der Waals surface area contributed by atoms with Gasteiger partial charge in [0.05, 0.1) is 12.6 Å². The Kier molecular flexibility index (Phi) is 5.95. The van der Waals surface area contributed by atoms with E-state index in [4.69, 9.17) is 0 Å². The highest BCUT2D eigenvalue weighted by molar-refractivity contribution is 5.78. The van der Waals surface area contributed by atoms with E-state index in [1.807, 2.05) is 4.90 Å². The second-order valence-electron chi connectivity index (χ2n) is 7.90. The Bertz CT molecular complexity index is 673. The molecular formula is C21H30N4O. The molecule has 2 aliphatic rings. The van der Waals surface area contributed by atoms with E-state index in [1.54, 1.807) is 0 Å². The first-order valence-corrected chi connectivity index (χ1v) is 9.70.